The molecule has 4 nitrogen and oxygen atoms in total. The fourth-order valence-corrected chi connectivity index (χ4v) is 2.69. The van der Waals surface area contributed by atoms with Crippen LogP contribution in [0, 0.1) is 0 Å². The van der Waals surface area contributed by atoms with Gasteiger partial charge in [-0.15, -0.1) is 0 Å². The van der Waals surface area contributed by atoms with Gasteiger partial charge in [-0.2, -0.15) is 0 Å². The van der Waals surface area contributed by atoms with Crippen molar-refractivity contribution in [3.05, 3.63) is 60.2 Å². The van der Waals surface area contributed by atoms with Gasteiger partial charge in [0.1, 0.15) is 0 Å². The van der Waals surface area contributed by atoms with Crippen molar-refractivity contribution in [2.24, 2.45) is 9.98 Å². The Morgan fingerprint density at radius 3 is 1.56 bits per heavy atom. The molecule has 2 aromatic rings. The van der Waals surface area contributed by atoms with Gasteiger partial charge in [-0.25, -0.2) is 0 Å². The number of hydrogen-bond donors (Lipinski definition) is 0. The van der Waals surface area contributed by atoms with Crippen LogP contribution in [0.5, 0.6) is 0 Å². The average molecular weight is 470 g/mol. The monoisotopic (exact) mass is 468 g/mol. The molecule has 1 aliphatic carbocycles. The Morgan fingerprint density at radius 2 is 1.20 bits per heavy atom. The van der Waals surface area contributed by atoms with E-state index in [9.17, 15) is 0 Å². The quantitative estimate of drug-likeness (QED) is 0.362. The van der Waals surface area contributed by atoms with Crippen LogP contribution in [0.15, 0.2) is 58.8 Å². The second-order valence-electron chi connectivity index (χ2n) is 5.48. The minimum Gasteiger partial charge on any atom is -1.00 e. The Balaban J connectivity index is 0.00000192. The van der Waals surface area contributed by atoms with Gasteiger partial charge in [0.25, 0.3) is 0 Å². The van der Waals surface area contributed by atoms with Gasteiger partial charge in [-0.1, -0.05) is 25.0 Å². The van der Waals surface area contributed by atoms with Crippen LogP contribution >= 0.6 is 0 Å². The molecular weight excluding hydrogens is 450 g/mol. The van der Waals surface area contributed by atoms with Crippen molar-refractivity contribution in [1.82, 2.24) is 9.97 Å². The molecule has 2 atom stereocenters. The van der Waals surface area contributed by atoms with Crippen LogP contribution in [0.2, 0.25) is 0 Å². The molecule has 0 N–H and O–H groups in total. The third kappa shape index (κ3) is 7.75. The van der Waals surface area contributed by atoms with E-state index in [0.29, 0.717) is 0 Å². The predicted octanol–water partition coefficient (Wildman–Crippen LogP) is -2.67. The molecule has 3 rings (SSSR count). The molecule has 0 aromatic carbocycles. The summed E-state index contributed by atoms with van der Waals surface area (Å²) in [7, 11) is 0. The molecule has 1 fully saturated rings. The van der Waals surface area contributed by atoms with Gasteiger partial charge in [0, 0.05) is 24.8 Å². The van der Waals surface area contributed by atoms with Gasteiger partial charge in [0.15, 0.2) is 0 Å². The van der Waals surface area contributed by atoms with Crippen molar-refractivity contribution >= 4 is 12.4 Å². The largest absolute Gasteiger partial charge is 2.00 e. The molecule has 25 heavy (non-hydrogen) atoms. The molecule has 0 radical (unpaired) electrons. The zero-order valence-electron chi connectivity index (χ0n) is 13.6. The van der Waals surface area contributed by atoms with Crippen molar-refractivity contribution in [1.29, 1.82) is 0 Å². The van der Waals surface area contributed by atoms with E-state index in [2.05, 4.69) is 9.97 Å². The molecule has 0 amide bonds. The summed E-state index contributed by atoms with van der Waals surface area (Å²) in [5, 5.41) is 0. The van der Waals surface area contributed by atoms with Crippen LogP contribution in [0.4, 0.5) is 0 Å². The molecule has 1 aliphatic rings. The van der Waals surface area contributed by atoms with E-state index >= 15 is 0 Å². The number of nitrogens with zero attached hydrogens (tertiary/aromatic N) is 4. The number of halogens is 2. The standard InChI is InChI=1S/C18H20N4.2ClH.Pd/c1-2-10-18(22-14-16-8-4-6-12-20-16)17(9-1)21-13-15-7-3-5-11-19-15;;;/h3-8,11-14,17-18H,1-2,9-10H2;2*1H;/q;;;+2/p-2/t17-,18-;;;/m1.../s1. The van der Waals surface area contributed by atoms with Gasteiger partial charge in [-0.3, -0.25) is 20.0 Å². The molecule has 136 valence electrons. The first kappa shape index (κ1) is 23.9. The van der Waals surface area contributed by atoms with E-state index in [-0.39, 0.29) is 57.3 Å². The fraction of sp³-hybridized carbons (Fsp3) is 0.333. The maximum absolute atomic E-state index is 4.73. The molecule has 0 spiro atoms. The predicted molar refractivity (Wildman–Crippen MR) is 89.7 cm³/mol. The summed E-state index contributed by atoms with van der Waals surface area (Å²) >= 11 is 0. The molecule has 1 saturated carbocycles. The maximum atomic E-state index is 4.73. The van der Waals surface area contributed by atoms with Crippen LogP contribution < -0.4 is 24.8 Å². The molecular formula is C18H20Cl2N4Pd. The SMILES string of the molecule is C(=N[C@@H]1CCCC[C@H]1N=Cc1ccccn1)c1ccccn1.[Cl-].[Cl-].[Pd+2]. The molecule has 0 unspecified atom stereocenters. The average Bonchev–Trinajstić information content (AvgIpc) is 2.61. The first-order valence-electron chi connectivity index (χ1n) is 7.80. The number of hydrogen-bond acceptors (Lipinski definition) is 4. The van der Waals surface area contributed by atoms with Crippen molar-refractivity contribution in [2.45, 2.75) is 37.8 Å². The molecule has 2 heterocycles. The molecule has 0 saturated heterocycles. The normalized spacial score (nSPS) is 19.7. The Hall–Kier alpha value is -1.12. The maximum Gasteiger partial charge on any atom is 2.00 e. The van der Waals surface area contributed by atoms with E-state index < -0.39 is 0 Å². The van der Waals surface area contributed by atoms with Gasteiger partial charge in [0.05, 0.1) is 23.5 Å². The van der Waals surface area contributed by atoms with E-state index in [1.54, 1.807) is 12.4 Å². The summed E-state index contributed by atoms with van der Waals surface area (Å²) in [5.74, 6) is 0. The Bertz CT molecular complexity index is 581. The van der Waals surface area contributed by atoms with Gasteiger partial charge in [0.2, 0.25) is 0 Å². The summed E-state index contributed by atoms with van der Waals surface area (Å²) in [6.07, 6.45) is 12.0. The molecule has 7 heteroatoms. The van der Waals surface area contributed by atoms with Crippen LogP contribution in [0.1, 0.15) is 37.1 Å². The van der Waals surface area contributed by atoms with Gasteiger partial charge < -0.3 is 24.8 Å². The van der Waals surface area contributed by atoms with E-state index in [1.807, 2.05) is 48.8 Å². The molecule has 0 aliphatic heterocycles. The van der Waals surface area contributed by atoms with Crippen molar-refractivity contribution < 1.29 is 45.2 Å². The van der Waals surface area contributed by atoms with E-state index in [4.69, 9.17) is 9.98 Å². The minimum atomic E-state index is 0. The summed E-state index contributed by atoms with van der Waals surface area (Å²) in [4.78, 5) is 18.0. The zero-order chi connectivity index (χ0) is 15.0. The molecule has 2 aromatic heterocycles. The number of rotatable bonds is 4. The second-order valence-corrected chi connectivity index (χ2v) is 5.48. The first-order valence-corrected chi connectivity index (χ1v) is 7.80. The van der Waals surface area contributed by atoms with Crippen LogP contribution in [-0.4, -0.2) is 34.5 Å². The third-order valence-corrected chi connectivity index (χ3v) is 3.87. The minimum absolute atomic E-state index is 0. The first-order chi connectivity index (χ1) is 10.9. The van der Waals surface area contributed by atoms with Crippen LogP contribution in [0.25, 0.3) is 0 Å². The van der Waals surface area contributed by atoms with Crippen LogP contribution in [0.3, 0.4) is 0 Å². The van der Waals surface area contributed by atoms with Gasteiger partial charge in [-0.05, 0) is 37.1 Å². The zero-order valence-corrected chi connectivity index (χ0v) is 16.7. The van der Waals surface area contributed by atoms with Crippen molar-refractivity contribution in [2.75, 3.05) is 0 Å². The Morgan fingerprint density at radius 1 is 0.760 bits per heavy atom. The van der Waals surface area contributed by atoms with Crippen LogP contribution in [-0.2, 0) is 20.4 Å². The van der Waals surface area contributed by atoms with E-state index in [0.717, 1.165) is 24.2 Å². The summed E-state index contributed by atoms with van der Waals surface area (Å²) in [5.41, 5.74) is 1.81. The fourth-order valence-electron chi connectivity index (χ4n) is 2.69. The van der Waals surface area contributed by atoms with Gasteiger partial charge >= 0.3 is 20.4 Å². The topological polar surface area (TPSA) is 50.5 Å². The smallest absolute Gasteiger partial charge is 1.00 e. The summed E-state index contributed by atoms with van der Waals surface area (Å²) in [6.45, 7) is 0. The van der Waals surface area contributed by atoms with Crippen molar-refractivity contribution in [3.63, 3.8) is 0 Å². The summed E-state index contributed by atoms with van der Waals surface area (Å²) in [6, 6.07) is 12.2. The number of pyridine rings is 2. The number of aliphatic imine (C=N–C) groups is 2. The molecule has 0 bridgehead atoms. The third-order valence-electron chi connectivity index (χ3n) is 3.87. The van der Waals surface area contributed by atoms with Crippen molar-refractivity contribution in [3.8, 4) is 0 Å². The van der Waals surface area contributed by atoms with E-state index in [1.165, 1.54) is 12.8 Å². The summed E-state index contributed by atoms with van der Waals surface area (Å²) < 4.78 is 0. The Kier molecular flexibility index (Phi) is 12.5. The Labute approximate surface area is 175 Å². The number of aromatic nitrogens is 2. The second kappa shape index (κ2) is 13.1.